The van der Waals surface area contributed by atoms with Crippen molar-refractivity contribution in [2.24, 2.45) is 0 Å². The zero-order valence-corrected chi connectivity index (χ0v) is 11.6. The monoisotopic (exact) mass is 298 g/mol. The van der Waals surface area contributed by atoms with Crippen LogP contribution in [0.2, 0.25) is 5.02 Å². The van der Waals surface area contributed by atoms with E-state index in [0.29, 0.717) is 16.4 Å². The van der Waals surface area contributed by atoms with E-state index >= 15 is 0 Å². The molecule has 0 amide bonds. The van der Waals surface area contributed by atoms with Crippen LogP contribution in [-0.2, 0) is 0 Å². The van der Waals surface area contributed by atoms with Gasteiger partial charge in [-0.25, -0.2) is 4.98 Å². The summed E-state index contributed by atoms with van der Waals surface area (Å²) in [7, 11) is 0. The van der Waals surface area contributed by atoms with Gasteiger partial charge < -0.3 is 10.1 Å². The van der Waals surface area contributed by atoms with Gasteiger partial charge in [0.25, 0.3) is 5.56 Å². The highest BCUT2D eigenvalue weighted by molar-refractivity contribution is 6.30. The summed E-state index contributed by atoms with van der Waals surface area (Å²) < 4.78 is 0. The summed E-state index contributed by atoms with van der Waals surface area (Å²) in [6, 6.07) is 16.1. The quantitative estimate of drug-likeness (QED) is 0.761. The molecule has 0 aliphatic rings. The van der Waals surface area contributed by atoms with Crippen molar-refractivity contribution in [3.8, 4) is 28.4 Å². The molecular formula is C16H11ClN2O2. The van der Waals surface area contributed by atoms with Gasteiger partial charge in [-0.05, 0) is 12.1 Å². The molecule has 0 bridgehead atoms. The first-order valence-electron chi connectivity index (χ1n) is 6.30. The Morgan fingerprint density at radius 2 is 1.71 bits per heavy atom. The molecular weight excluding hydrogens is 288 g/mol. The lowest BCUT2D eigenvalue weighted by atomic mass is 10.1. The summed E-state index contributed by atoms with van der Waals surface area (Å²) in [6.07, 6.45) is 0. The fourth-order valence-corrected chi connectivity index (χ4v) is 2.23. The molecule has 2 N–H and O–H groups in total. The molecule has 104 valence electrons. The molecule has 0 saturated carbocycles. The number of nitrogens with one attached hydrogen (secondary N) is 1. The molecule has 3 aromatic rings. The van der Waals surface area contributed by atoms with Crippen LogP contribution < -0.4 is 5.56 Å². The average Bonchev–Trinajstić information content (AvgIpc) is 2.51. The van der Waals surface area contributed by atoms with E-state index in [-0.39, 0.29) is 5.69 Å². The van der Waals surface area contributed by atoms with E-state index in [1.807, 2.05) is 30.3 Å². The Balaban J connectivity index is 2.22. The van der Waals surface area contributed by atoms with Crippen molar-refractivity contribution in [2.75, 3.05) is 0 Å². The molecule has 0 unspecified atom stereocenters. The van der Waals surface area contributed by atoms with Crippen LogP contribution in [0.1, 0.15) is 0 Å². The van der Waals surface area contributed by atoms with E-state index < -0.39 is 11.3 Å². The maximum absolute atomic E-state index is 11.9. The normalized spacial score (nSPS) is 10.5. The van der Waals surface area contributed by atoms with E-state index in [9.17, 15) is 9.90 Å². The van der Waals surface area contributed by atoms with Crippen LogP contribution in [0.3, 0.4) is 0 Å². The molecule has 0 aliphatic carbocycles. The highest BCUT2D eigenvalue weighted by atomic mass is 35.5. The number of aromatic nitrogens is 2. The number of hydrogen-bond donors (Lipinski definition) is 2. The third-order valence-corrected chi connectivity index (χ3v) is 3.28. The Kier molecular flexibility index (Phi) is 3.46. The predicted molar refractivity (Wildman–Crippen MR) is 82.4 cm³/mol. The number of aromatic amines is 1. The van der Waals surface area contributed by atoms with Crippen LogP contribution in [0, 0.1) is 0 Å². The first-order valence-corrected chi connectivity index (χ1v) is 6.67. The average molecular weight is 299 g/mol. The largest absolute Gasteiger partial charge is 0.502 e. The van der Waals surface area contributed by atoms with Crippen LogP contribution in [0.15, 0.2) is 59.4 Å². The Morgan fingerprint density at radius 3 is 2.43 bits per heavy atom. The van der Waals surface area contributed by atoms with Gasteiger partial charge in [-0.15, -0.1) is 0 Å². The number of rotatable bonds is 2. The molecule has 1 heterocycles. The van der Waals surface area contributed by atoms with Crippen molar-refractivity contribution in [2.45, 2.75) is 0 Å². The molecule has 0 saturated heterocycles. The molecule has 0 spiro atoms. The first kappa shape index (κ1) is 13.4. The van der Waals surface area contributed by atoms with Gasteiger partial charge in [0.2, 0.25) is 5.75 Å². The van der Waals surface area contributed by atoms with Gasteiger partial charge in [-0.1, -0.05) is 54.1 Å². The first-order chi connectivity index (χ1) is 10.1. The van der Waals surface area contributed by atoms with E-state index in [2.05, 4.69) is 9.97 Å². The highest BCUT2D eigenvalue weighted by Crippen LogP contribution is 2.27. The van der Waals surface area contributed by atoms with Crippen molar-refractivity contribution < 1.29 is 5.11 Å². The minimum Gasteiger partial charge on any atom is -0.502 e. The molecule has 3 rings (SSSR count). The molecule has 1 aromatic heterocycles. The lowest BCUT2D eigenvalue weighted by molar-refractivity contribution is 0.466. The number of hydrogen-bond acceptors (Lipinski definition) is 3. The molecule has 21 heavy (non-hydrogen) atoms. The molecule has 0 aliphatic heterocycles. The Hall–Kier alpha value is -2.59. The number of aromatic hydroxyl groups is 1. The minimum absolute atomic E-state index is 0.208. The highest BCUT2D eigenvalue weighted by Gasteiger charge is 2.13. The van der Waals surface area contributed by atoms with Gasteiger partial charge in [0.1, 0.15) is 11.5 Å². The zero-order chi connectivity index (χ0) is 14.8. The second-order valence-corrected chi connectivity index (χ2v) is 4.92. The number of benzene rings is 2. The number of halogens is 1. The summed E-state index contributed by atoms with van der Waals surface area (Å²) in [5.74, 6) is -0.0228. The molecule has 2 aromatic carbocycles. The van der Waals surface area contributed by atoms with Crippen molar-refractivity contribution in [1.82, 2.24) is 9.97 Å². The van der Waals surface area contributed by atoms with Gasteiger partial charge in [0, 0.05) is 16.1 Å². The maximum Gasteiger partial charge on any atom is 0.294 e. The van der Waals surface area contributed by atoms with Gasteiger partial charge in [0.05, 0.1) is 0 Å². The number of nitrogens with zero attached hydrogens (tertiary/aromatic N) is 1. The standard InChI is InChI=1S/C16H11ClN2O2/c17-12-8-4-7-11(9-12)13-14(20)16(21)19-15(18-13)10-5-2-1-3-6-10/h1-9,20H,(H,18,19,21). The molecule has 0 fully saturated rings. The third kappa shape index (κ3) is 2.66. The van der Waals surface area contributed by atoms with E-state index in [1.54, 1.807) is 24.3 Å². The van der Waals surface area contributed by atoms with Gasteiger partial charge >= 0.3 is 0 Å². The molecule has 4 nitrogen and oxygen atoms in total. The second-order valence-electron chi connectivity index (χ2n) is 4.49. The van der Waals surface area contributed by atoms with Crippen LogP contribution in [-0.4, -0.2) is 15.1 Å². The maximum atomic E-state index is 11.9. The van der Waals surface area contributed by atoms with Gasteiger partial charge in [0.15, 0.2) is 0 Å². The summed E-state index contributed by atoms with van der Waals surface area (Å²) in [5.41, 5.74) is 0.972. The lowest BCUT2D eigenvalue weighted by Crippen LogP contribution is -2.10. The fraction of sp³-hybridized carbons (Fsp3) is 0. The Morgan fingerprint density at radius 1 is 1.00 bits per heavy atom. The predicted octanol–water partition coefficient (Wildman–Crippen LogP) is 3.46. The fourth-order valence-electron chi connectivity index (χ4n) is 2.04. The van der Waals surface area contributed by atoms with E-state index in [1.165, 1.54) is 0 Å². The van der Waals surface area contributed by atoms with Crippen LogP contribution >= 0.6 is 11.6 Å². The van der Waals surface area contributed by atoms with Gasteiger partial charge in [-0.2, -0.15) is 0 Å². The summed E-state index contributed by atoms with van der Waals surface area (Å²) in [6.45, 7) is 0. The molecule has 0 radical (unpaired) electrons. The van der Waals surface area contributed by atoms with Crippen molar-refractivity contribution in [3.63, 3.8) is 0 Å². The second kappa shape index (κ2) is 5.42. The van der Waals surface area contributed by atoms with E-state index in [0.717, 1.165) is 5.56 Å². The van der Waals surface area contributed by atoms with Crippen LogP contribution in [0.25, 0.3) is 22.6 Å². The minimum atomic E-state index is -0.584. The van der Waals surface area contributed by atoms with Crippen molar-refractivity contribution in [3.05, 3.63) is 70.0 Å². The Labute approximate surface area is 125 Å². The summed E-state index contributed by atoms with van der Waals surface area (Å²) in [5, 5.41) is 10.5. The Bertz CT molecular complexity index is 844. The lowest BCUT2D eigenvalue weighted by Gasteiger charge is -2.07. The van der Waals surface area contributed by atoms with E-state index in [4.69, 9.17) is 11.6 Å². The van der Waals surface area contributed by atoms with Gasteiger partial charge in [-0.3, -0.25) is 4.79 Å². The molecule has 0 atom stereocenters. The zero-order valence-electron chi connectivity index (χ0n) is 10.9. The molecule has 5 heteroatoms. The van der Waals surface area contributed by atoms with Crippen molar-refractivity contribution in [1.29, 1.82) is 0 Å². The van der Waals surface area contributed by atoms with Crippen LogP contribution in [0.5, 0.6) is 5.75 Å². The summed E-state index contributed by atoms with van der Waals surface area (Å²) in [4.78, 5) is 18.8. The van der Waals surface area contributed by atoms with Crippen LogP contribution in [0.4, 0.5) is 0 Å². The SMILES string of the molecule is O=c1[nH]c(-c2ccccc2)nc(-c2cccc(Cl)c2)c1O. The topological polar surface area (TPSA) is 66.0 Å². The number of H-pyrrole nitrogens is 1. The smallest absolute Gasteiger partial charge is 0.294 e. The van der Waals surface area contributed by atoms with Crippen molar-refractivity contribution >= 4 is 11.6 Å². The summed E-state index contributed by atoms with van der Waals surface area (Å²) >= 11 is 5.95. The third-order valence-electron chi connectivity index (χ3n) is 3.04.